The third-order valence-electron chi connectivity index (χ3n) is 4.10. The number of anilines is 2. The summed E-state index contributed by atoms with van der Waals surface area (Å²) in [6.45, 7) is 2.84. The number of carbonyl (C=O) groups is 2. The van der Waals surface area contributed by atoms with E-state index in [9.17, 15) is 14.4 Å². The van der Waals surface area contributed by atoms with E-state index in [1.807, 2.05) is 37.3 Å². The summed E-state index contributed by atoms with van der Waals surface area (Å²) in [5, 5.41) is 10.0. The summed E-state index contributed by atoms with van der Waals surface area (Å²) in [6.07, 6.45) is 0. The van der Waals surface area contributed by atoms with Crippen LogP contribution in [0.4, 0.5) is 11.4 Å². The van der Waals surface area contributed by atoms with Gasteiger partial charge in [0.25, 0.3) is 5.56 Å². The fraction of sp³-hybridized carbons (Fsp3) is 0.143. The molecule has 1 heterocycles. The van der Waals surface area contributed by atoms with E-state index in [1.54, 1.807) is 18.2 Å². The number of benzene rings is 2. The number of nitrogens with one attached hydrogen (secondary N) is 2. The molecule has 2 N–H and O–H groups in total. The van der Waals surface area contributed by atoms with E-state index in [-0.39, 0.29) is 12.2 Å². The topological polar surface area (TPSA) is 93.1 Å². The van der Waals surface area contributed by atoms with Gasteiger partial charge in [0, 0.05) is 23.2 Å². The lowest BCUT2D eigenvalue weighted by atomic mass is 10.1. The lowest BCUT2D eigenvalue weighted by molar-refractivity contribution is -0.117. The predicted octanol–water partition coefficient (Wildman–Crippen LogP) is 3.47. The molecule has 3 rings (SSSR count). The molecule has 0 radical (unpaired) electrons. The minimum atomic E-state index is -0.572. The zero-order chi connectivity index (χ0) is 21.0. The normalized spacial score (nSPS) is 10.4. The van der Waals surface area contributed by atoms with Crippen molar-refractivity contribution in [2.45, 2.75) is 20.4 Å². The SMILES string of the molecule is CC(=O)Nc1cc(-c2ccccc2)nn(CC(=O)Nc2ccc(C)c(Cl)c2)c1=O. The molecule has 8 heteroatoms. The Bertz CT molecular complexity index is 1130. The summed E-state index contributed by atoms with van der Waals surface area (Å²) in [7, 11) is 0. The van der Waals surface area contributed by atoms with Crippen LogP contribution in [0.1, 0.15) is 12.5 Å². The number of nitrogens with zero attached hydrogens (tertiary/aromatic N) is 2. The van der Waals surface area contributed by atoms with Crippen LogP contribution in [-0.4, -0.2) is 21.6 Å². The summed E-state index contributed by atoms with van der Waals surface area (Å²) < 4.78 is 1.03. The fourth-order valence-corrected chi connectivity index (χ4v) is 2.87. The molecule has 0 aliphatic rings. The molecule has 0 bridgehead atoms. The molecule has 2 amide bonds. The Kier molecular flexibility index (Phi) is 6.09. The van der Waals surface area contributed by atoms with Gasteiger partial charge in [-0.15, -0.1) is 0 Å². The summed E-state index contributed by atoms with van der Waals surface area (Å²) in [6, 6.07) is 15.8. The first kappa shape index (κ1) is 20.3. The van der Waals surface area contributed by atoms with Crippen LogP contribution in [0.25, 0.3) is 11.3 Å². The lowest BCUT2D eigenvalue weighted by Crippen LogP contribution is -2.32. The van der Waals surface area contributed by atoms with Gasteiger partial charge in [-0.05, 0) is 30.7 Å². The number of aromatic nitrogens is 2. The van der Waals surface area contributed by atoms with Gasteiger partial charge in [-0.2, -0.15) is 5.10 Å². The monoisotopic (exact) mass is 410 g/mol. The number of hydrogen-bond donors (Lipinski definition) is 2. The minimum absolute atomic E-state index is 0.0533. The van der Waals surface area contributed by atoms with Crippen molar-refractivity contribution >= 4 is 34.8 Å². The Hall–Kier alpha value is -3.45. The average molecular weight is 411 g/mol. The van der Waals surface area contributed by atoms with Crippen LogP contribution in [0.5, 0.6) is 0 Å². The van der Waals surface area contributed by atoms with E-state index in [0.29, 0.717) is 16.4 Å². The maximum absolute atomic E-state index is 12.7. The van der Waals surface area contributed by atoms with Gasteiger partial charge in [-0.3, -0.25) is 14.4 Å². The zero-order valence-corrected chi connectivity index (χ0v) is 16.7. The van der Waals surface area contributed by atoms with Crippen LogP contribution < -0.4 is 16.2 Å². The van der Waals surface area contributed by atoms with Crippen molar-refractivity contribution in [3.8, 4) is 11.3 Å². The van der Waals surface area contributed by atoms with Gasteiger partial charge in [-0.1, -0.05) is 48.0 Å². The van der Waals surface area contributed by atoms with Crippen LogP contribution in [-0.2, 0) is 16.1 Å². The molecule has 0 spiro atoms. The third kappa shape index (κ3) is 5.08. The van der Waals surface area contributed by atoms with E-state index >= 15 is 0 Å². The van der Waals surface area contributed by atoms with Gasteiger partial charge in [0.1, 0.15) is 12.2 Å². The Morgan fingerprint density at radius 2 is 1.79 bits per heavy atom. The molecule has 29 heavy (non-hydrogen) atoms. The first-order valence-electron chi connectivity index (χ1n) is 8.84. The molecule has 0 atom stereocenters. The maximum Gasteiger partial charge on any atom is 0.291 e. The largest absolute Gasteiger partial charge is 0.324 e. The number of carbonyl (C=O) groups excluding carboxylic acids is 2. The highest BCUT2D eigenvalue weighted by Gasteiger charge is 2.14. The first-order valence-corrected chi connectivity index (χ1v) is 9.22. The predicted molar refractivity (Wildman–Crippen MR) is 113 cm³/mol. The zero-order valence-electron chi connectivity index (χ0n) is 15.9. The van der Waals surface area contributed by atoms with Gasteiger partial charge in [-0.25, -0.2) is 4.68 Å². The molecular weight excluding hydrogens is 392 g/mol. The van der Waals surface area contributed by atoms with Crippen molar-refractivity contribution in [1.82, 2.24) is 9.78 Å². The molecule has 3 aromatic rings. The molecular formula is C21H19ClN4O3. The van der Waals surface area contributed by atoms with Crippen LogP contribution >= 0.6 is 11.6 Å². The third-order valence-corrected chi connectivity index (χ3v) is 4.51. The number of aryl methyl sites for hydroxylation is 1. The minimum Gasteiger partial charge on any atom is -0.324 e. The number of rotatable bonds is 5. The van der Waals surface area contributed by atoms with Gasteiger partial charge in [0.15, 0.2) is 0 Å². The Morgan fingerprint density at radius 3 is 2.45 bits per heavy atom. The van der Waals surface area contributed by atoms with Crippen molar-refractivity contribution in [1.29, 1.82) is 0 Å². The second kappa shape index (κ2) is 8.70. The summed E-state index contributed by atoms with van der Waals surface area (Å²) in [4.78, 5) is 36.6. The number of hydrogen-bond acceptors (Lipinski definition) is 4. The van der Waals surface area contributed by atoms with Gasteiger partial charge in [0.2, 0.25) is 11.8 Å². The number of halogens is 1. The second-order valence-corrected chi connectivity index (χ2v) is 6.87. The number of amides is 2. The van der Waals surface area contributed by atoms with Crippen LogP contribution in [0.15, 0.2) is 59.4 Å². The Balaban J connectivity index is 1.92. The van der Waals surface area contributed by atoms with E-state index < -0.39 is 17.4 Å². The van der Waals surface area contributed by atoms with Gasteiger partial charge >= 0.3 is 0 Å². The molecule has 0 fully saturated rings. The van der Waals surface area contributed by atoms with Gasteiger partial charge < -0.3 is 10.6 Å². The smallest absolute Gasteiger partial charge is 0.291 e. The highest BCUT2D eigenvalue weighted by molar-refractivity contribution is 6.31. The molecule has 148 valence electrons. The van der Waals surface area contributed by atoms with Crippen molar-refractivity contribution < 1.29 is 9.59 Å². The van der Waals surface area contributed by atoms with Gasteiger partial charge in [0.05, 0.1) is 5.69 Å². The van der Waals surface area contributed by atoms with Crippen LogP contribution in [0, 0.1) is 6.92 Å². The lowest BCUT2D eigenvalue weighted by Gasteiger charge is -2.12. The highest BCUT2D eigenvalue weighted by atomic mass is 35.5. The molecule has 1 aromatic heterocycles. The second-order valence-electron chi connectivity index (χ2n) is 6.47. The maximum atomic E-state index is 12.7. The van der Waals surface area contributed by atoms with E-state index in [1.165, 1.54) is 13.0 Å². The van der Waals surface area contributed by atoms with Crippen molar-refractivity contribution in [2.75, 3.05) is 10.6 Å². The van der Waals surface area contributed by atoms with Crippen LogP contribution in [0.2, 0.25) is 5.02 Å². The average Bonchev–Trinajstić information content (AvgIpc) is 2.68. The molecule has 0 aliphatic carbocycles. The van der Waals surface area contributed by atoms with Crippen molar-refractivity contribution in [3.63, 3.8) is 0 Å². The van der Waals surface area contributed by atoms with Crippen molar-refractivity contribution in [2.24, 2.45) is 0 Å². The summed E-state index contributed by atoms with van der Waals surface area (Å²) in [5.74, 6) is -0.837. The molecule has 2 aromatic carbocycles. The molecule has 0 saturated heterocycles. The summed E-state index contributed by atoms with van der Waals surface area (Å²) in [5.41, 5.74) is 2.09. The Morgan fingerprint density at radius 1 is 1.07 bits per heavy atom. The Labute approximate surface area is 172 Å². The van der Waals surface area contributed by atoms with Crippen molar-refractivity contribution in [3.05, 3.63) is 75.5 Å². The highest BCUT2D eigenvalue weighted by Crippen LogP contribution is 2.20. The fourth-order valence-electron chi connectivity index (χ4n) is 2.69. The molecule has 0 unspecified atom stereocenters. The standard InChI is InChI=1S/C21H19ClN4O3/c1-13-8-9-16(10-17(13)22)24-20(28)12-26-21(29)19(23-14(2)27)11-18(25-26)15-6-4-3-5-7-15/h3-11H,12H2,1-2H3,(H,23,27)(H,24,28). The summed E-state index contributed by atoms with van der Waals surface area (Å²) >= 11 is 6.08. The van der Waals surface area contributed by atoms with Crippen LogP contribution in [0.3, 0.4) is 0 Å². The molecule has 0 saturated carbocycles. The molecule has 0 aliphatic heterocycles. The quantitative estimate of drug-likeness (QED) is 0.673. The van der Waals surface area contributed by atoms with E-state index in [2.05, 4.69) is 15.7 Å². The van der Waals surface area contributed by atoms with E-state index in [4.69, 9.17) is 11.6 Å². The van der Waals surface area contributed by atoms with E-state index in [0.717, 1.165) is 15.8 Å². The first-order chi connectivity index (χ1) is 13.8. The molecule has 7 nitrogen and oxygen atoms in total.